The molecule has 3 aliphatic heterocycles. The van der Waals surface area contributed by atoms with E-state index in [-0.39, 0.29) is 6.04 Å². The number of aromatic nitrogens is 1. The van der Waals surface area contributed by atoms with E-state index in [1.165, 1.54) is 6.42 Å². The van der Waals surface area contributed by atoms with Gasteiger partial charge >= 0.3 is 0 Å². The van der Waals surface area contributed by atoms with E-state index < -0.39 is 6.10 Å². The lowest BCUT2D eigenvalue weighted by molar-refractivity contribution is -0.956. The lowest BCUT2D eigenvalue weighted by atomic mass is 9.72. The van der Waals surface area contributed by atoms with Crippen LogP contribution in [0, 0.1) is 11.8 Å². The third-order valence-electron chi connectivity index (χ3n) is 6.56. The lowest BCUT2D eigenvalue weighted by Gasteiger charge is -2.56. The van der Waals surface area contributed by atoms with Gasteiger partial charge < -0.3 is 14.3 Å². The maximum absolute atomic E-state index is 11.3. The van der Waals surface area contributed by atoms with Crippen LogP contribution in [0.15, 0.2) is 43.1 Å². The molecule has 5 atom stereocenters. The molecule has 1 aromatic carbocycles. The molecule has 5 rings (SSSR count). The highest BCUT2D eigenvalue weighted by Crippen LogP contribution is 2.45. The maximum Gasteiger partial charge on any atom is 0.131 e. The number of piperidine rings is 3. The average molecular weight is 339 g/mol. The predicted octanol–water partition coefficient (Wildman–Crippen LogP) is 3.32. The molecule has 1 N–H and O–H groups in total. The van der Waals surface area contributed by atoms with Crippen molar-refractivity contribution in [3.8, 4) is 5.75 Å². The van der Waals surface area contributed by atoms with Gasteiger partial charge in [0.2, 0.25) is 0 Å². The summed E-state index contributed by atoms with van der Waals surface area (Å²) < 4.78 is 6.31. The summed E-state index contributed by atoms with van der Waals surface area (Å²) >= 11 is 0. The zero-order chi connectivity index (χ0) is 17.6. The molecule has 2 bridgehead atoms. The Morgan fingerprint density at radius 3 is 2.96 bits per heavy atom. The molecular weight excluding hydrogens is 312 g/mol. The third kappa shape index (κ3) is 2.64. The van der Waals surface area contributed by atoms with E-state index in [9.17, 15) is 5.11 Å². The Morgan fingerprint density at radius 2 is 2.24 bits per heavy atom. The van der Waals surface area contributed by atoms with Gasteiger partial charge in [-0.05, 0) is 35.7 Å². The van der Waals surface area contributed by atoms with Crippen LogP contribution in [-0.2, 0) is 0 Å². The predicted molar refractivity (Wildman–Crippen MR) is 99.4 cm³/mol. The molecule has 4 nitrogen and oxygen atoms in total. The largest absolute Gasteiger partial charge is 0.497 e. The minimum atomic E-state index is -0.490. The Hall–Kier alpha value is -1.91. The normalized spacial score (nSPS) is 32.5. The lowest BCUT2D eigenvalue weighted by Crippen LogP contribution is -2.66. The van der Waals surface area contributed by atoms with Gasteiger partial charge in [0, 0.05) is 30.3 Å². The van der Waals surface area contributed by atoms with Crippen molar-refractivity contribution in [2.75, 3.05) is 27.2 Å². The van der Waals surface area contributed by atoms with Crippen molar-refractivity contribution in [2.24, 2.45) is 11.8 Å². The van der Waals surface area contributed by atoms with E-state index in [0.29, 0.717) is 11.8 Å². The van der Waals surface area contributed by atoms with Crippen LogP contribution >= 0.6 is 0 Å². The second kappa shape index (κ2) is 6.11. The molecule has 4 heteroatoms. The number of methoxy groups -OCH3 is 1. The topological polar surface area (TPSA) is 42.4 Å². The number of hydrogen-bond donors (Lipinski definition) is 1. The molecule has 3 fully saturated rings. The third-order valence-corrected chi connectivity index (χ3v) is 6.56. The number of benzene rings is 1. The molecule has 3 aliphatic rings. The molecule has 0 spiro atoms. The van der Waals surface area contributed by atoms with Gasteiger partial charge in [0.25, 0.3) is 0 Å². The Balaban J connectivity index is 1.73. The van der Waals surface area contributed by atoms with Crippen molar-refractivity contribution < 1.29 is 14.3 Å². The molecule has 2 aromatic rings. The zero-order valence-electron chi connectivity index (χ0n) is 15.1. The summed E-state index contributed by atoms with van der Waals surface area (Å²) in [6.45, 7) is 6.26. The van der Waals surface area contributed by atoms with Crippen LogP contribution in [0.3, 0.4) is 0 Å². The van der Waals surface area contributed by atoms with Crippen molar-refractivity contribution in [3.05, 3.63) is 48.7 Å². The molecule has 1 aromatic heterocycles. The molecule has 132 valence electrons. The monoisotopic (exact) mass is 339 g/mol. The first-order valence-electron chi connectivity index (χ1n) is 9.13. The Kier molecular flexibility index (Phi) is 4.05. The Labute approximate surface area is 149 Å². The van der Waals surface area contributed by atoms with E-state index in [0.717, 1.165) is 46.2 Å². The first-order chi connectivity index (χ1) is 12.1. The quantitative estimate of drug-likeness (QED) is 0.686. The van der Waals surface area contributed by atoms with Crippen LogP contribution in [0.25, 0.3) is 10.9 Å². The van der Waals surface area contributed by atoms with Gasteiger partial charge in [0.1, 0.15) is 17.9 Å². The van der Waals surface area contributed by atoms with E-state index in [4.69, 9.17) is 4.74 Å². The second-order valence-corrected chi connectivity index (χ2v) is 7.87. The number of nitrogens with zero attached hydrogens (tertiary/aromatic N) is 2. The number of pyridine rings is 1. The molecule has 3 saturated heterocycles. The number of aliphatic hydroxyl groups is 1. The number of fused-ring (bicyclic) bond motifs is 4. The molecule has 0 aliphatic carbocycles. The fraction of sp³-hybridized carbons (Fsp3) is 0.476. The fourth-order valence-electron chi connectivity index (χ4n) is 5.03. The summed E-state index contributed by atoms with van der Waals surface area (Å²) in [7, 11) is 3.96. The standard InChI is InChI=1S/C21H27N2O2/c1-4-14-13-23(2)10-8-15(14)11-20(23)21(24)17-7-9-22-19-6-5-16(25-3)12-18(17)19/h4-7,9,12,14-15,20-21,24H,1,8,10-11,13H2,2-3H3/q+1/t14-,15-,20+,21-,23?/m0/s1. The van der Waals surface area contributed by atoms with Gasteiger partial charge in [-0.15, -0.1) is 6.58 Å². The van der Waals surface area contributed by atoms with Crippen LogP contribution in [-0.4, -0.2) is 47.9 Å². The summed E-state index contributed by atoms with van der Waals surface area (Å²) in [6, 6.07) is 8.06. The molecule has 0 radical (unpaired) electrons. The summed E-state index contributed by atoms with van der Waals surface area (Å²) in [5.74, 6) is 2.03. The summed E-state index contributed by atoms with van der Waals surface area (Å²) in [5, 5.41) is 12.3. The number of rotatable bonds is 4. The smallest absolute Gasteiger partial charge is 0.131 e. The highest BCUT2D eigenvalue weighted by atomic mass is 16.5. The highest BCUT2D eigenvalue weighted by Gasteiger charge is 2.51. The van der Waals surface area contributed by atoms with Gasteiger partial charge in [-0.3, -0.25) is 4.98 Å². The van der Waals surface area contributed by atoms with Crippen molar-refractivity contribution in [3.63, 3.8) is 0 Å². The molecular formula is C21H27N2O2+. The van der Waals surface area contributed by atoms with Crippen LogP contribution in [0.4, 0.5) is 0 Å². The van der Waals surface area contributed by atoms with Crippen LogP contribution in [0.2, 0.25) is 0 Å². The van der Waals surface area contributed by atoms with Crippen LogP contribution in [0.5, 0.6) is 5.75 Å². The molecule has 0 amide bonds. The number of aliphatic hydroxyl groups excluding tert-OH is 1. The van der Waals surface area contributed by atoms with Gasteiger partial charge in [0.05, 0.1) is 32.8 Å². The van der Waals surface area contributed by atoms with E-state index in [1.54, 1.807) is 13.3 Å². The molecule has 1 unspecified atom stereocenters. The summed E-state index contributed by atoms with van der Waals surface area (Å²) in [4.78, 5) is 4.45. The summed E-state index contributed by atoms with van der Waals surface area (Å²) in [6.07, 6.45) is 5.73. The molecule has 0 saturated carbocycles. The zero-order valence-corrected chi connectivity index (χ0v) is 15.1. The minimum absolute atomic E-state index is 0.228. The van der Waals surface area contributed by atoms with Gasteiger partial charge in [-0.1, -0.05) is 6.08 Å². The number of quaternary nitrogens is 1. The van der Waals surface area contributed by atoms with Gasteiger partial charge in [0.15, 0.2) is 0 Å². The number of hydrogen-bond acceptors (Lipinski definition) is 3. The van der Waals surface area contributed by atoms with Crippen LogP contribution < -0.4 is 4.74 Å². The Morgan fingerprint density at radius 1 is 1.40 bits per heavy atom. The minimum Gasteiger partial charge on any atom is -0.497 e. The Bertz CT molecular complexity index is 806. The number of likely N-dealkylation sites (N-methyl/N-ethyl adjacent to an activating group) is 1. The van der Waals surface area contributed by atoms with Crippen molar-refractivity contribution in [2.45, 2.75) is 25.0 Å². The van der Waals surface area contributed by atoms with E-state index in [2.05, 4.69) is 24.7 Å². The van der Waals surface area contributed by atoms with Crippen molar-refractivity contribution in [1.29, 1.82) is 0 Å². The van der Waals surface area contributed by atoms with E-state index in [1.807, 2.05) is 24.3 Å². The number of ether oxygens (including phenoxy) is 1. The molecule has 25 heavy (non-hydrogen) atoms. The summed E-state index contributed by atoms with van der Waals surface area (Å²) in [5.41, 5.74) is 1.87. The van der Waals surface area contributed by atoms with Crippen molar-refractivity contribution >= 4 is 10.9 Å². The molecule has 4 heterocycles. The SMILES string of the molecule is C=C[C@H]1C[N+]2(C)CC[C@H]1C[C@@H]2[C@@H](O)c1ccnc2ccc(OC)cc12. The second-order valence-electron chi connectivity index (χ2n) is 7.87. The first kappa shape index (κ1) is 16.6. The van der Waals surface area contributed by atoms with E-state index >= 15 is 0 Å². The highest BCUT2D eigenvalue weighted by molar-refractivity contribution is 5.83. The van der Waals surface area contributed by atoms with Gasteiger partial charge in [-0.25, -0.2) is 0 Å². The maximum atomic E-state index is 11.3. The average Bonchev–Trinajstić information content (AvgIpc) is 2.66. The van der Waals surface area contributed by atoms with Gasteiger partial charge in [-0.2, -0.15) is 0 Å². The van der Waals surface area contributed by atoms with Crippen LogP contribution in [0.1, 0.15) is 24.5 Å². The fourth-order valence-corrected chi connectivity index (χ4v) is 5.03. The van der Waals surface area contributed by atoms with Crippen molar-refractivity contribution in [1.82, 2.24) is 4.98 Å². The first-order valence-corrected chi connectivity index (χ1v) is 9.13.